The van der Waals surface area contributed by atoms with Gasteiger partial charge in [0.25, 0.3) is 5.56 Å². The van der Waals surface area contributed by atoms with Crippen LogP contribution in [0.25, 0.3) is 10.9 Å². The van der Waals surface area contributed by atoms with E-state index in [1.165, 1.54) is 0 Å². The maximum Gasteiger partial charge on any atom is 0.258 e. The number of H-pyrrole nitrogens is 1. The predicted octanol–water partition coefficient (Wildman–Crippen LogP) is 1.55. The molecule has 1 N–H and O–H groups in total. The Morgan fingerprint density at radius 1 is 1.33 bits per heavy atom. The number of benzene rings is 1. The zero-order chi connectivity index (χ0) is 11.0. The third-order valence-corrected chi connectivity index (χ3v) is 2.34. The highest BCUT2D eigenvalue weighted by atomic mass is 16.5. The normalized spacial score (nSPS) is 10.6. The van der Waals surface area contributed by atoms with E-state index in [4.69, 9.17) is 4.74 Å². The van der Waals surface area contributed by atoms with Crippen LogP contribution in [0.2, 0.25) is 0 Å². The van der Waals surface area contributed by atoms with Crippen molar-refractivity contribution in [3.8, 4) is 5.75 Å². The van der Waals surface area contributed by atoms with E-state index in [1.807, 2.05) is 13.0 Å². The van der Waals surface area contributed by atoms with Gasteiger partial charge in [-0.2, -0.15) is 0 Å². The average Bonchev–Trinajstić information content (AvgIpc) is 2.16. The van der Waals surface area contributed by atoms with Gasteiger partial charge in [0.2, 0.25) is 0 Å². The third-order valence-electron chi connectivity index (χ3n) is 2.34. The molecule has 0 aliphatic heterocycles. The van der Waals surface area contributed by atoms with Crippen LogP contribution < -0.4 is 10.3 Å². The van der Waals surface area contributed by atoms with Crippen LogP contribution in [0.1, 0.15) is 11.4 Å². The molecule has 1 aromatic carbocycles. The lowest BCUT2D eigenvalue weighted by atomic mass is 10.1. The molecule has 2 aromatic rings. The molecule has 2 rings (SSSR count). The molecule has 0 unspecified atom stereocenters. The summed E-state index contributed by atoms with van der Waals surface area (Å²) in [6.07, 6.45) is 0. The molecule has 0 saturated carbocycles. The van der Waals surface area contributed by atoms with Gasteiger partial charge in [0.05, 0.1) is 18.0 Å². The fourth-order valence-electron chi connectivity index (χ4n) is 1.61. The van der Waals surface area contributed by atoms with E-state index in [2.05, 4.69) is 9.97 Å². The van der Waals surface area contributed by atoms with Crippen molar-refractivity contribution in [1.29, 1.82) is 0 Å². The summed E-state index contributed by atoms with van der Waals surface area (Å²) < 4.78 is 5.16. The number of methoxy groups -OCH3 is 1. The Morgan fingerprint density at radius 3 is 2.73 bits per heavy atom. The summed E-state index contributed by atoms with van der Waals surface area (Å²) >= 11 is 0. The molecule has 15 heavy (non-hydrogen) atoms. The minimum atomic E-state index is -0.129. The fraction of sp³-hybridized carbons (Fsp3) is 0.273. The highest BCUT2D eigenvalue weighted by Gasteiger charge is 2.06. The van der Waals surface area contributed by atoms with Gasteiger partial charge in [0.1, 0.15) is 11.6 Å². The van der Waals surface area contributed by atoms with E-state index in [-0.39, 0.29) is 5.56 Å². The first-order valence-electron chi connectivity index (χ1n) is 4.67. The van der Waals surface area contributed by atoms with Gasteiger partial charge in [-0.25, -0.2) is 4.98 Å². The van der Waals surface area contributed by atoms with Crippen molar-refractivity contribution >= 4 is 10.9 Å². The van der Waals surface area contributed by atoms with Crippen molar-refractivity contribution in [1.82, 2.24) is 9.97 Å². The van der Waals surface area contributed by atoms with Crippen LogP contribution >= 0.6 is 0 Å². The number of hydrogen-bond donors (Lipinski definition) is 1. The summed E-state index contributed by atoms with van der Waals surface area (Å²) in [5, 5.41) is 0.558. The average molecular weight is 204 g/mol. The zero-order valence-corrected chi connectivity index (χ0v) is 8.92. The summed E-state index contributed by atoms with van der Waals surface area (Å²) in [4.78, 5) is 18.6. The molecule has 0 atom stereocenters. The lowest BCUT2D eigenvalue weighted by Gasteiger charge is -2.06. The van der Waals surface area contributed by atoms with Crippen molar-refractivity contribution in [2.24, 2.45) is 0 Å². The summed E-state index contributed by atoms with van der Waals surface area (Å²) in [6.45, 7) is 3.69. The van der Waals surface area contributed by atoms with Crippen LogP contribution in [0, 0.1) is 13.8 Å². The predicted molar refractivity (Wildman–Crippen MR) is 58.4 cm³/mol. The summed E-state index contributed by atoms with van der Waals surface area (Å²) in [5.41, 5.74) is 1.55. The smallest absolute Gasteiger partial charge is 0.258 e. The minimum absolute atomic E-state index is 0.129. The van der Waals surface area contributed by atoms with Crippen LogP contribution in [0.15, 0.2) is 16.9 Å². The minimum Gasteiger partial charge on any atom is -0.496 e. The number of rotatable bonds is 1. The van der Waals surface area contributed by atoms with Crippen LogP contribution in [0.4, 0.5) is 0 Å². The van der Waals surface area contributed by atoms with E-state index in [0.717, 1.165) is 5.56 Å². The summed E-state index contributed by atoms with van der Waals surface area (Å²) in [6, 6.07) is 3.58. The van der Waals surface area contributed by atoms with Gasteiger partial charge in [-0.1, -0.05) is 0 Å². The third kappa shape index (κ3) is 1.58. The summed E-state index contributed by atoms with van der Waals surface area (Å²) in [7, 11) is 1.59. The molecule has 0 aliphatic carbocycles. The number of fused-ring (bicyclic) bond motifs is 1. The number of hydrogen-bond acceptors (Lipinski definition) is 3. The number of aromatic amines is 1. The molecule has 4 heteroatoms. The molecule has 0 amide bonds. The number of nitrogens with zero attached hydrogens (tertiary/aromatic N) is 1. The van der Waals surface area contributed by atoms with Gasteiger partial charge in [0, 0.05) is 0 Å². The lowest BCUT2D eigenvalue weighted by Crippen LogP contribution is -2.10. The highest BCUT2D eigenvalue weighted by Crippen LogP contribution is 2.21. The first kappa shape index (κ1) is 9.71. The van der Waals surface area contributed by atoms with Gasteiger partial charge in [-0.3, -0.25) is 4.79 Å². The van der Waals surface area contributed by atoms with Crippen molar-refractivity contribution in [3.63, 3.8) is 0 Å². The van der Waals surface area contributed by atoms with E-state index in [0.29, 0.717) is 22.5 Å². The molecule has 0 aliphatic rings. The molecule has 78 valence electrons. The molecule has 0 saturated heterocycles. The Balaban J connectivity index is 2.87. The topological polar surface area (TPSA) is 55.0 Å². The second-order valence-electron chi connectivity index (χ2n) is 3.49. The van der Waals surface area contributed by atoms with Crippen molar-refractivity contribution in [2.45, 2.75) is 13.8 Å². The quantitative estimate of drug-likeness (QED) is 0.766. The maximum absolute atomic E-state index is 11.6. The Labute approximate surface area is 86.9 Å². The monoisotopic (exact) mass is 204 g/mol. The Bertz CT molecular complexity index is 573. The Morgan fingerprint density at radius 2 is 2.07 bits per heavy atom. The molecular formula is C11H12N2O2. The molecule has 0 bridgehead atoms. The molecule has 0 spiro atoms. The molecule has 1 aromatic heterocycles. The van der Waals surface area contributed by atoms with Gasteiger partial charge in [-0.15, -0.1) is 0 Å². The van der Waals surface area contributed by atoms with Crippen LogP contribution in [0.3, 0.4) is 0 Å². The van der Waals surface area contributed by atoms with Crippen LogP contribution in [-0.4, -0.2) is 17.1 Å². The van der Waals surface area contributed by atoms with Crippen LogP contribution in [0.5, 0.6) is 5.75 Å². The van der Waals surface area contributed by atoms with Crippen molar-refractivity contribution in [2.75, 3.05) is 7.11 Å². The number of aryl methyl sites for hydroxylation is 2. The van der Waals surface area contributed by atoms with E-state index in [9.17, 15) is 4.79 Å². The van der Waals surface area contributed by atoms with E-state index in [1.54, 1.807) is 20.1 Å². The van der Waals surface area contributed by atoms with Gasteiger partial charge >= 0.3 is 0 Å². The Kier molecular flexibility index (Phi) is 2.19. The van der Waals surface area contributed by atoms with Gasteiger partial charge in [-0.05, 0) is 31.5 Å². The van der Waals surface area contributed by atoms with Gasteiger partial charge in [0.15, 0.2) is 0 Å². The maximum atomic E-state index is 11.6. The molecule has 0 fully saturated rings. The van der Waals surface area contributed by atoms with Crippen molar-refractivity contribution < 1.29 is 4.74 Å². The Hall–Kier alpha value is -1.84. The second-order valence-corrected chi connectivity index (χ2v) is 3.49. The zero-order valence-electron chi connectivity index (χ0n) is 8.92. The van der Waals surface area contributed by atoms with Gasteiger partial charge < -0.3 is 9.72 Å². The number of nitrogens with one attached hydrogen (secondary N) is 1. The first-order valence-corrected chi connectivity index (χ1v) is 4.67. The molecule has 1 heterocycles. The highest BCUT2D eigenvalue weighted by molar-refractivity contribution is 5.80. The molecule has 0 radical (unpaired) electrons. The van der Waals surface area contributed by atoms with Crippen molar-refractivity contribution in [3.05, 3.63) is 33.9 Å². The second kappa shape index (κ2) is 3.38. The van der Waals surface area contributed by atoms with E-state index >= 15 is 0 Å². The van der Waals surface area contributed by atoms with E-state index < -0.39 is 0 Å². The first-order chi connectivity index (χ1) is 7.11. The molecule has 4 nitrogen and oxygen atoms in total. The summed E-state index contributed by atoms with van der Waals surface area (Å²) in [5.74, 6) is 1.33. The molecular weight excluding hydrogens is 192 g/mol. The SMILES string of the molecule is COc1cc2c(=O)[nH]c(C)nc2cc1C. The fourth-order valence-corrected chi connectivity index (χ4v) is 1.61. The number of ether oxygens (including phenoxy) is 1. The largest absolute Gasteiger partial charge is 0.496 e. The number of aromatic nitrogens is 2. The standard InChI is InChI=1S/C11H12N2O2/c1-6-4-9-8(5-10(6)15-3)11(14)13-7(2)12-9/h4-5H,1-3H3,(H,12,13,14). The lowest BCUT2D eigenvalue weighted by molar-refractivity contribution is 0.412. The van der Waals surface area contributed by atoms with Crippen LogP contribution in [-0.2, 0) is 0 Å².